The van der Waals surface area contributed by atoms with Crippen LogP contribution in [0, 0.1) is 12.8 Å². The number of hydrogen-bond donors (Lipinski definition) is 0. The molecule has 6 nitrogen and oxygen atoms in total. The molecule has 0 bridgehead atoms. The lowest BCUT2D eigenvalue weighted by molar-refractivity contribution is -0.129. The van der Waals surface area contributed by atoms with Gasteiger partial charge in [0, 0.05) is 49.5 Å². The fraction of sp³-hybridized carbons (Fsp3) is 0.348. The Bertz CT molecular complexity index is 984. The topological polar surface area (TPSA) is 60.2 Å². The van der Waals surface area contributed by atoms with E-state index < -0.39 is 0 Å². The first kappa shape index (κ1) is 19.2. The molecule has 3 aromatic rings. The fourth-order valence-corrected chi connectivity index (χ4v) is 3.96. The Morgan fingerprint density at radius 3 is 2.86 bits per heavy atom. The van der Waals surface area contributed by atoms with E-state index >= 15 is 0 Å². The number of nitrogens with zero attached hydrogens (tertiary/aromatic N) is 4. The van der Waals surface area contributed by atoms with Crippen LogP contribution in [0.4, 0.5) is 0 Å². The molecule has 29 heavy (non-hydrogen) atoms. The van der Waals surface area contributed by atoms with Crippen LogP contribution in [0.15, 0.2) is 55.0 Å². The van der Waals surface area contributed by atoms with E-state index in [-0.39, 0.29) is 5.91 Å². The van der Waals surface area contributed by atoms with Gasteiger partial charge >= 0.3 is 0 Å². The van der Waals surface area contributed by atoms with Gasteiger partial charge in [-0.1, -0.05) is 12.1 Å². The Morgan fingerprint density at radius 1 is 1.24 bits per heavy atom. The molecular formula is C23H26N4O2. The van der Waals surface area contributed by atoms with E-state index in [4.69, 9.17) is 4.74 Å². The first-order valence-electron chi connectivity index (χ1n) is 9.97. The van der Waals surface area contributed by atoms with Crippen molar-refractivity contribution in [3.05, 3.63) is 66.2 Å². The molecule has 1 unspecified atom stereocenters. The molecule has 0 spiro atoms. The highest BCUT2D eigenvalue weighted by atomic mass is 16.5. The van der Waals surface area contributed by atoms with Crippen molar-refractivity contribution in [3.8, 4) is 17.1 Å². The van der Waals surface area contributed by atoms with Gasteiger partial charge < -0.3 is 14.2 Å². The van der Waals surface area contributed by atoms with Crippen molar-refractivity contribution >= 4 is 5.91 Å². The van der Waals surface area contributed by atoms with Crippen LogP contribution in [-0.2, 0) is 17.8 Å². The lowest BCUT2D eigenvalue weighted by atomic mass is 10.1. The zero-order chi connectivity index (χ0) is 20.2. The number of imidazole rings is 1. The first-order valence-corrected chi connectivity index (χ1v) is 9.97. The van der Waals surface area contributed by atoms with Crippen LogP contribution >= 0.6 is 0 Å². The summed E-state index contributed by atoms with van der Waals surface area (Å²) in [5.74, 6) is 2.36. The molecule has 4 rings (SSSR count). The number of aromatic nitrogens is 3. The standard InChI is InChI=1S/C23H26N4O2/c1-17-14-25-23(20-6-9-24-10-7-20)27(17)16-19-8-11-26(15-19)22(28)13-18-4-3-5-21(12-18)29-2/h3-7,9-10,12,14,19H,8,11,13,15-16H2,1-2H3. The highest BCUT2D eigenvalue weighted by Crippen LogP contribution is 2.25. The number of hydrogen-bond acceptors (Lipinski definition) is 4. The van der Waals surface area contributed by atoms with Crippen LogP contribution in [0.1, 0.15) is 17.7 Å². The minimum atomic E-state index is 0.178. The predicted octanol–water partition coefficient (Wildman–Crippen LogP) is 3.35. The number of benzene rings is 1. The van der Waals surface area contributed by atoms with Crippen molar-refractivity contribution in [1.82, 2.24) is 19.4 Å². The summed E-state index contributed by atoms with van der Waals surface area (Å²) in [7, 11) is 1.64. The average molecular weight is 390 g/mol. The van der Waals surface area contributed by atoms with E-state index in [9.17, 15) is 4.79 Å². The second kappa shape index (κ2) is 8.47. The monoisotopic (exact) mass is 390 g/mol. The number of carbonyl (C=O) groups is 1. The van der Waals surface area contributed by atoms with Crippen molar-refractivity contribution in [2.75, 3.05) is 20.2 Å². The summed E-state index contributed by atoms with van der Waals surface area (Å²) in [6, 6.07) is 11.7. The number of aryl methyl sites for hydroxylation is 1. The van der Waals surface area contributed by atoms with Crippen molar-refractivity contribution in [2.45, 2.75) is 26.3 Å². The lowest BCUT2D eigenvalue weighted by Crippen LogP contribution is -2.30. The number of ether oxygens (including phenoxy) is 1. The van der Waals surface area contributed by atoms with Crippen LogP contribution < -0.4 is 4.74 Å². The maximum atomic E-state index is 12.8. The van der Waals surface area contributed by atoms with Crippen LogP contribution in [0.3, 0.4) is 0 Å². The Hall–Kier alpha value is -3.15. The molecule has 2 aromatic heterocycles. The molecule has 1 amide bonds. The van der Waals surface area contributed by atoms with E-state index in [0.717, 1.165) is 54.4 Å². The van der Waals surface area contributed by atoms with Crippen LogP contribution in [0.25, 0.3) is 11.4 Å². The Morgan fingerprint density at radius 2 is 2.07 bits per heavy atom. The van der Waals surface area contributed by atoms with E-state index in [1.165, 1.54) is 0 Å². The zero-order valence-corrected chi connectivity index (χ0v) is 16.9. The van der Waals surface area contributed by atoms with Crippen LogP contribution in [-0.4, -0.2) is 45.5 Å². The van der Waals surface area contributed by atoms with Crippen molar-refractivity contribution in [1.29, 1.82) is 0 Å². The third-order valence-corrected chi connectivity index (χ3v) is 5.56. The molecule has 1 aliphatic heterocycles. The summed E-state index contributed by atoms with van der Waals surface area (Å²) >= 11 is 0. The van der Waals surface area contributed by atoms with E-state index in [2.05, 4.69) is 21.5 Å². The normalized spacial score (nSPS) is 16.2. The van der Waals surface area contributed by atoms with Gasteiger partial charge in [0.05, 0.1) is 13.5 Å². The van der Waals surface area contributed by atoms with Crippen LogP contribution in [0.2, 0.25) is 0 Å². The SMILES string of the molecule is COc1cccc(CC(=O)N2CCC(Cn3c(C)cnc3-c3ccncc3)C2)c1. The number of rotatable bonds is 6. The molecule has 3 heterocycles. The smallest absolute Gasteiger partial charge is 0.227 e. The highest BCUT2D eigenvalue weighted by molar-refractivity contribution is 5.79. The minimum absolute atomic E-state index is 0.178. The predicted molar refractivity (Wildman–Crippen MR) is 112 cm³/mol. The van der Waals surface area contributed by atoms with Gasteiger partial charge in [0.15, 0.2) is 0 Å². The molecule has 1 saturated heterocycles. The fourth-order valence-electron chi connectivity index (χ4n) is 3.96. The number of amides is 1. The highest BCUT2D eigenvalue weighted by Gasteiger charge is 2.27. The lowest BCUT2D eigenvalue weighted by Gasteiger charge is -2.18. The van der Waals surface area contributed by atoms with Crippen molar-refractivity contribution in [3.63, 3.8) is 0 Å². The molecule has 6 heteroatoms. The molecule has 0 radical (unpaired) electrons. The van der Waals surface area contributed by atoms with E-state index in [1.807, 2.05) is 47.5 Å². The largest absolute Gasteiger partial charge is 0.497 e. The van der Waals surface area contributed by atoms with E-state index in [1.54, 1.807) is 19.5 Å². The van der Waals surface area contributed by atoms with Gasteiger partial charge in [0.1, 0.15) is 11.6 Å². The van der Waals surface area contributed by atoms with Crippen LogP contribution in [0.5, 0.6) is 5.75 Å². The van der Waals surface area contributed by atoms with Gasteiger partial charge in [0.2, 0.25) is 5.91 Å². The molecular weight excluding hydrogens is 364 g/mol. The minimum Gasteiger partial charge on any atom is -0.497 e. The number of pyridine rings is 1. The zero-order valence-electron chi connectivity index (χ0n) is 16.9. The molecule has 1 aliphatic rings. The Labute approximate surface area is 171 Å². The van der Waals surface area contributed by atoms with Gasteiger partial charge in [0.25, 0.3) is 0 Å². The molecule has 150 valence electrons. The average Bonchev–Trinajstić information content (AvgIpc) is 3.36. The second-order valence-electron chi connectivity index (χ2n) is 7.59. The molecule has 0 saturated carbocycles. The third kappa shape index (κ3) is 4.31. The van der Waals surface area contributed by atoms with Gasteiger partial charge in [-0.05, 0) is 49.1 Å². The Kier molecular flexibility index (Phi) is 5.60. The molecule has 0 aliphatic carbocycles. The summed E-state index contributed by atoms with van der Waals surface area (Å²) in [5, 5.41) is 0. The summed E-state index contributed by atoms with van der Waals surface area (Å²) < 4.78 is 7.52. The first-order chi connectivity index (χ1) is 14.1. The van der Waals surface area contributed by atoms with Crippen molar-refractivity contribution in [2.24, 2.45) is 5.92 Å². The molecule has 1 atom stereocenters. The molecule has 0 N–H and O–H groups in total. The second-order valence-corrected chi connectivity index (χ2v) is 7.59. The molecule has 1 aromatic carbocycles. The summed E-state index contributed by atoms with van der Waals surface area (Å²) in [4.78, 5) is 23.5. The van der Waals surface area contributed by atoms with Crippen molar-refractivity contribution < 1.29 is 9.53 Å². The van der Waals surface area contributed by atoms with E-state index in [0.29, 0.717) is 12.3 Å². The van der Waals surface area contributed by atoms with Gasteiger partial charge in [-0.15, -0.1) is 0 Å². The number of methoxy groups -OCH3 is 1. The quantitative estimate of drug-likeness (QED) is 0.648. The Balaban J connectivity index is 1.41. The summed E-state index contributed by atoms with van der Waals surface area (Å²) in [5.41, 5.74) is 3.19. The number of carbonyl (C=O) groups excluding carboxylic acids is 1. The van der Waals surface area contributed by atoms with Gasteiger partial charge in [-0.3, -0.25) is 9.78 Å². The molecule has 1 fully saturated rings. The van der Waals surface area contributed by atoms with Gasteiger partial charge in [-0.2, -0.15) is 0 Å². The van der Waals surface area contributed by atoms with Gasteiger partial charge in [-0.25, -0.2) is 4.98 Å². The third-order valence-electron chi connectivity index (χ3n) is 5.56. The maximum absolute atomic E-state index is 12.8. The number of likely N-dealkylation sites (tertiary alicyclic amines) is 1. The maximum Gasteiger partial charge on any atom is 0.227 e. The summed E-state index contributed by atoms with van der Waals surface area (Å²) in [6.07, 6.45) is 6.92. The summed E-state index contributed by atoms with van der Waals surface area (Å²) in [6.45, 7) is 4.55.